The largest absolute Gasteiger partial charge is 0.412 e. The van der Waals surface area contributed by atoms with Gasteiger partial charge in [0.25, 0.3) is 0 Å². The normalized spacial score (nSPS) is 20.6. The first-order valence-electron chi connectivity index (χ1n) is 7.06. The van der Waals surface area contributed by atoms with Crippen LogP contribution in [0.3, 0.4) is 0 Å². The number of ether oxygens (including phenoxy) is 1. The van der Waals surface area contributed by atoms with Crippen LogP contribution in [0.1, 0.15) is 49.7 Å². The standard InChI is InChI=1S/C16H23BrO.H2O/c1-13(12-15-7-4-5-11-18-15)16-8-3-2-6-14(16)9-10-17;/h2-3,6,8,13,15H,4-5,7,9-12H2,1H3;1H2. The van der Waals surface area contributed by atoms with E-state index in [1.807, 2.05) is 0 Å². The van der Waals surface area contributed by atoms with Gasteiger partial charge >= 0.3 is 0 Å². The Kier molecular flexibility index (Phi) is 7.66. The first kappa shape index (κ1) is 16.7. The Labute approximate surface area is 125 Å². The second kappa shape index (κ2) is 8.72. The molecule has 0 bridgehead atoms. The molecule has 0 radical (unpaired) electrons. The van der Waals surface area contributed by atoms with Gasteiger partial charge in [-0.25, -0.2) is 0 Å². The molecule has 1 aliphatic rings. The van der Waals surface area contributed by atoms with Crippen LogP contribution in [0.25, 0.3) is 0 Å². The van der Waals surface area contributed by atoms with E-state index in [-0.39, 0.29) is 5.48 Å². The molecule has 2 N–H and O–H groups in total. The van der Waals surface area contributed by atoms with Crippen LogP contribution in [0.15, 0.2) is 24.3 Å². The average molecular weight is 329 g/mol. The SMILES string of the molecule is CC(CC1CCCCO1)c1ccccc1CCBr.O. The summed E-state index contributed by atoms with van der Waals surface area (Å²) in [5.74, 6) is 0.600. The molecular weight excluding hydrogens is 304 g/mol. The second-order valence-electron chi connectivity index (χ2n) is 5.26. The first-order valence-corrected chi connectivity index (χ1v) is 8.18. The number of hydrogen-bond acceptors (Lipinski definition) is 1. The van der Waals surface area contributed by atoms with Gasteiger partial charge in [-0.2, -0.15) is 0 Å². The summed E-state index contributed by atoms with van der Waals surface area (Å²) in [6.07, 6.45) is 6.58. The van der Waals surface area contributed by atoms with Gasteiger partial charge in [0, 0.05) is 11.9 Å². The number of rotatable bonds is 5. The minimum Gasteiger partial charge on any atom is -0.412 e. The average Bonchev–Trinajstić information content (AvgIpc) is 2.41. The lowest BCUT2D eigenvalue weighted by atomic mass is 9.88. The molecule has 2 nitrogen and oxygen atoms in total. The molecule has 108 valence electrons. The van der Waals surface area contributed by atoms with E-state index in [1.54, 1.807) is 0 Å². The molecule has 0 amide bonds. The second-order valence-corrected chi connectivity index (χ2v) is 6.06. The third-order valence-electron chi connectivity index (χ3n) is 3.84. The quantitative estimate of drug-likeness (QED) is 0.756. The third-order valence-corrected chi connectivity index (χ3v) is 4.24. The maximum atomic E-state index is 5.86. The van der Waals surface area contributed by atoms with Crippen molar-refractivity contribution < 1.29 is 10.2 Å². The van der Waals surface area contributed by atoms with Gasteiger partial charge in [-0.15, -0.1) is 0 Å². The summed E-state index contributed by atoms with van der Waals surface area (Å²) >= 11 is 3.54. The summed E-state index contributed by atoms with van der Waals surface area (Å²) in [7, 11) is 0. The fraction of sp³-hybridized carbons (Fsp3) is 0.625. The predicted molar refractivity (Wildman–Crippen MR) is 84.2 cm³/mol. The third kappa shape index (κ3) is 4.90. The molecule has 3 heteroatoms. The summed E-state index contributed by atoms with van der Waals surface area (Å²) in [6, 6.07) is 8.84. The fourth-order valence-electron chi connectivity index (χ4n) is 2.86. The highest BCUT2D eigenvalue weighted by Crippen LogP contribution is 2.28. The van der Waals surface area contributed by atoms with Crippen molar-refractivity contribution in [1.29, 1.82) is 0 Å². The molecule has 19 heavy (non-hydrogen) atoms. The fourth-order valence-corrected chi connectivity index (χ4v) is 3.29. The van der Waals surface area contributed by atoms with Gasteiger partial charge in [0.05, 0.1) is 6.10 Å². The van der Waals surface area contributed by atoms with Gasteiger partial charge in [-0.3, -0.25) is 0 Å². The monoisotopic (exact) mass is 328 g/mol. The van der Waals surface area contributed by atoms with Crippen molar-refractivity contribution in [2.75, 3.05) is 11.9 Å². The van der Waals surface area contributed by atoms with Gasteiger partial charge in [-0.05, 0) is 49.1 Å². The van der Waals surface area contributed by atoms with Gasteiger partial charge in [0.2, 0.25) is 0 Å². The van der Waals surface area contributed by atoms with Gasteiger partial charge in [0.1, 0.15) is 0 Å². The molecule has 2 rings (SSSR count). The Bertz CT molecular complexity index is 362. The van der Waals surface area contributed by atoms with E-state index < -0.39 is 0 Å². The lowest BCUT2D eigenvalue weighted by Crippen LogP contribution is -2.21. The maximum Gasteiger partial charge on any atom is 0.0580 e. The van der Waals surface area contributed by atoms with Gasteiger partial charge in [-0.1, -0.05) is 47.1 Å². The van der Waals surface area contributed by atoms with Crippen molar-refractivity contribution in [3.63, 3.8) is 0 Å². The van der Waals surface area contributed by atoms with Crippen LogP contribution in [0.5, 0.6) is 0 Å². The van der Waals surface area contributed by atoms with Crippen LogP contribution in [0, 0.1) is 0 Å². The van der Waals surface area contributed by atoms with E-state index in [9.17, 15) is 0 Å². The minimum absolute atomic E-state index is 0. The van der Waals surface area contributed by atoms with E-state index in [2.05, 4.69) is 47.1 Å². The number of benzene rings is 1. The Balaban J connectivity index is 0.00000180. The van der Waals surface area contributed by atoms with Gasteiger partial charge in [0.15, 0.2) is 0 Å². The number of aryl methyl sites for hydroxylation is 1. The van der Waals surface area contributed by atoms with Crippen molar-refractivity contribution in [2.24, 2.45) is 0 Å². The Hall–Kier alpha value is -0.380. The van der Waals surface area contributed by atoms with E-state index in [0.29, 0.717) is 12.0 Å². The van der Waals surface area contributed by atoms with E-state index in [1.165, 1.54) is 36.8 Å². The molecule has 1 aliphatic heterocycles. The highest BCUT2D eigenvalue weighted by molar-refractivity contribution is 9.09. The van der Waals surface area contributed by atoms with Crippen LogP contribution >= 0.6 is 15.9 Å². The summed E-state index contributed by atoms with van der Waals surface area (Å²) in [4.78, 5) is 0. The Morgan fingerprint density at radius 3 is 2.79 bits per heavy atom. The maximum absolute atomic E-state index is 5.86. The topological polar surface area (TPSA) is 40.7 Å². The van der Waals surface area contributed by atoms with Crippen LogP contribution < -0.4 is 0 Å². The summed E-state index contributed by atoms with van der Waals surface area (Å²) in [5, 5.41) is 1.04. The molecule has 0 spiro atoms. The molecule has 1 aromatic rings. The first-order chi connectivity index (χ1) is 8.81. The highest BCUT2D eigenvalue weighted by atomic mass is 79.9. The van der Waals surface area contributed by atoms with Gasteiger partial charge < -0.3 is 10.2 Å². The Morgan fingerprint density at radius 2 is 2.11 bits per heavy atom. The zero-order valence-electron chi connectivity index (χ0n) is 11.7. The van der Waals surface area contributed by atoms with E-state index in [0.717, 1.165) is 18.4 Å². The van der Waals surface area contributed by atoms with Crippen molar-refractivity contribution in [2.45, 2.75) is 51.0 Å². The lowest BCUT2D eigenvalue weighted by Gasteiger charge is -2.26. The molecule has 2 atom stereocenters. The van der Waals surface area contributed by atoms with E-state index >= 15 is 0 Å². The molecular formula is C16H25BrO2. The molecule has 1 aromatic carbocycles. The zero-order valence-corrected chi connectivity index (χ0v) is 13.3. The molecule has 1 heterocycles. The molecule has 2 unspecified atom stereocenters. The van der Waals surface area contributed by atoms with Crippen LogP contribution in [0.4, 0.5) is 0 Å². The number of halogens is 1. The lowest BCUT2D eigenvalue weighted by molar-refractivity contribution is 0.00788. The van der Waals surface area contributed by atoms with Crippen LogP contribution in [-0.2, 0) is 11.2 Å². The number of hydrogen-bond donors (Lipinski definition) is 0. The van der Waals surface area contributed by atoms with Crippen LogP contribution in [0.2, 0.25) is 0 Å². The number of alkyl halides is 1. The zero-order chi connectivity index (χ0) is 12.8. The summed E-state index contributed by atoms with van der Waals surface area (Å²) < 4.78 is 5.86. The van der Waals surface area contributed by atoms with Crippen molar-refractivity contribution >= 4 is 15.9 Å². The summed E-state index contributed by atoms with van der Waals surface area (Å²) in [5.41, 5.74) is 2.99. The summed E-state index contributed by atoms with van der Waals surface area (Å²) in [6.45, 7) is 3.30. The smallest absolute Gasteiger partial charge is 0.0580 e. The van der Waals surface area contributed by atoms with Crippen molar-refractivity contribution in [3.8, 4) is 0 Å². The van der Waals surface area contributed by atoms with E-state index in [4.69, 9.17) is 4.74 Å². The Morgan fingerprint density at radius 1 is 1.32 bits per heavy atom. The molecule has 1 saturated heterocycles. The molecule has 0 aromatic heterocycles. The predicted octanol–water partition coefficient (Wildman–Crippen LogP) is 3.86. The van der Waals surface area contributed by atoms with Crippen LogP contribution in [-0.4, -0.2) is 23.5 Å². The van der Waals surface area contributed by atoms with Crippen molar-refractivity contribution in [3.05, 3.63) is 35.4 Å². The highest BCUT2D eigenvalue weighted by Gasteiger charge is 2.19. The molecule has 0 aliphatic carbocycles. The minimum atomic E-state index is 0. The molecule has 1 fully saturated rings. The van der Waals surface area contributed by atoms with Crippen molar-refractivity contribution in [1.82, 2.24) is 0 Å². The molecule has 0 saturated carbocycles.